The molecule has 0 bridgehead atoms. The average molecular weight is 968 g/mol. The van der Waals surface area contributed by atoms with Gasteiger partial charge in [0.25, 0.3) is 0 Å². The van der Waals surface area contributed by atoms with Crippen LogP contribution in [0.15, 0.2) is 9.03 Å². The van der Waals surface area contributed by atoms with Crippen molar-refractivity contribution < 1.29 is 16.5 Å². The second-order valence-electron chi connectivity index (χ2n) is 11.6. The van der Waals surface area contributed by atoms with E-state index in [0.29, 0.717) is 45.3 Å². The first-order chi connectivity index (χ1) is 15.0. The van der Waals surface area contributed by atoms with Crippen LogP contribution in [-0.4, -0.2) is 119 Å². The molecular formula is C24H56N2NiP4Se2Te2. The fraction of sp³-hybridized carbons (Fsp3) is 1.00. The molecule has 0 amide bonds. The Morgan fingerprint density at radius 3 is 0.629 bits per heavy atom. The Balaban J connectivity index is -0.000000569. The van der Waals surface area contributed by atoms with Crippen molar-refractivity contribution >= 4 is 94.4 Å². The van der Waals surface area contributed by atoms with Crippen molar-refractivity contribution in [2.75, 3.05) is 0 Å². The SMILES string of the molecule is CC(C)P(=[Te])(N=P([Se-])(C(C)C)C(C)C)C(C)C.CC(C)P(=[Te])(N=P([Se-])(C(C)C)C(C)C)C(C)C.[Ni+2]. The molecule has 0 aromatic carbocycles. The van der Waals surface area contributed by atoms with Gasteiger partial charge in [-0.15, -0.1) is 0 Å². The van der Waals surface area contributed by atoms with Crippen molar-refractivity contribution in [3.05, 3.63) is 0 Å². The summed E-state index contributed by atoms with van der Waals surface area (Å²) in [5.41, 5.74) is 5.49. The van der Waals surface area contributed by atoms with E-state index in [2.05, 4.69) is 184 Å². The van der Waals surface area contributed by atoms with E-state index in [1.807, 2.05) is 0 Å². The molecule has 0 radical (unpaired) electrons. The van der Waals surface area contributed by atoms with Gasteiger partial charge in [-0.25, -0.2) is 0 Å². The Morgan fingerprint density at radius 2 is 0.543 bits per heavy atom. The van der Waals surface area contributed by atoms with Crippen LogP contribution in [0.25, 0.3) is 0 Å². The predicted molar refractivity (Wildman–Crippen MR) is 177 cm³/mol. The summed E-state index contributed by atoms with van der Waals surface area (Å²) in [6, 6.07) is 0. The van der Waals surface area contributed by atoms with Gasteiger partial charge in [0.05, 0.1) is 0 Å². The topological polar surface area (TPSA) is 24.7 Å². The number of rotatable bonds is 10. The van der Waals surface area contributed by atoms with Gasteiger partial charge in [-0.1, -0.05) is 0 Å². The second kappa shape index (κ2) is 18.2. The van der Waals surface area contributed by atoms with E-state index < -0.39 is 20.8 Å². The zero-order valence-electron chi connectivity index (χ0n) is 25.3. The molecule has 0 heterocycles. The summed E-state index contributed by atoms with van der Waals surface area (Å²) in [6.07, 6.45) is 0. The fourth-order valence-corrected chi connectivity index (χ4v) is 35.1. The smallest absolute Gasteiger partial charge is 2.00 e. The van der Waals surface area contributed by atoms with E-state index in [1.54, 1.807) is 0 Å². The summed E-state index contributed by atoms with van der Waals surface area (Å²) in [5.74, 6) is -2.58. The molecule has 0 aliphatic rings. The van der Waals surface area contributed by atoms with E-state index in [-0.39, 0.29) is 16.5 Å². The first kappa shape index (κ1) is 43.9. The van der Waals surface area contributed by atoms with Crippen molar-refractivity contribution in [1.29, 1.82) is 0 Å². The largest absolute Gasteiger partial charge is 2.00 e. The Kier molecular flexibility index (Phi) is 22.8. The Labute approximate surface area is 272 Å². The van der Waals surface area contributed by atoms with Crippen molar-refractivity contribution in [2.24, 2.45) is 9.03 Å². The van der Waals surface area contributed by atoms with E-state index >= 15 is 0 Å². The maximum absolute atomic E-state index is 5.51. The minimum absolute atomic E-state index is 0. The standard InChI is InChI=1S/2C12H28NP2SeTe.Ni/c2*1-9(2)14(16,10(3)4)13-15(17,11(5)6)12(7)8;/h2*9-12H,1-8H3;/q2*-1;+2. The van der Waals surface area contributed by atoms with E-state index in [4.69, 9.17) is 9.03 Å². The number of hydrogen-bond donors (Lipinski definition) is 0. The maximum Gasteiger partial charge on any atom is 2.00 e. The van der Waals surface area contributed by atoms with E-state index in [0.717, 1.165) is 0 Å². The van der Waals surface area contributed by atoms with Crippen molar-refractivity contribution in [2.45, 2.75) is 156 Å². The maximum atomic E-state index is 5.51. The third-order valence-corrected chi connectivity index (χ3v) is 54.4. The summed E-state index contributed by atoms with van der Waals surface area (Å²) in [5, 5.41) is 0. The number of nitrogens with zero attached hydrogens (tertiary/aromatic N) is 2. The minimum atomic E-state index is -1.29. The van der Waals surface area contributed by atoms with Gasteiger partial charge < -0.3 is 0 Å². The molecule has 0 spiro atoms. The van der Waals surface area contributed by atoms with Crippen LogP contribution in [0.5, 0.6) is 0 Å². The Bertz CT molecular complexity index is 723. The van der Waals surface area contributed by atoms with Gasteiger partial charge in [-0.3, -0.25) is 0 Å². The van der Waals surface area contributed by atoms with Crippen LogP contribution in [0.1, 0.15) is 111 Å². The van der Waals surface area contributed by atoms with E-state index in [1.165, 1.54) is 0 Å². The van der Waals surface area contributed by atoms with Crippen molar-refractivity contribution in [3.63, 3.8) is 0 Å². The van der Waals surface area contributed by atoms with Crippen LogP contribution >= 0.6 is 20.8 Å². The van der Waals surface area contributed by atoms with Crippen molar-refractivity contribution in [1.82, 2.24) is 0 Å². The van der Waals surface area contributed by atoms with E-state index in [9.17, 15) is 0 Å². The van der Waals surface area contributed by atoms with Crippen LogP contribution < -0.4 is 0 Å². The van der Waals surface area contributed by atoms with Crippen molar-refractivity contribution in [3.8, 4) is 0 Å². The van der Waals surface area contributed by atoms with Crippen LogP contribution in [-0.2, 0) is 16.5 Å². The van der Waals surface area contributed by atoms with Gasteiger partial charge in [0, 0.05) is 0 Å². The molecule has 0 rings (SSSR count). The summed E-state index contributed by atoms with van der Waals surface area (Å²) in [7, 11) is 0. The molecule has 216 valence electrons. The summed E-state index contributed by atoms with van der Waals surface area (Å²) >= 11 is 11.8. The summed E-state index contributed by atoms with van der Waals surface area (Å²) in [4.78, 5) is 0. The zero-order chi connectivity index (χ0) is 28.0. The van der Waals surface area contributed by atoms with Gasteiger partial charge in [0.2, 0.25) is 0 Å². The normalized spacial score (nSPS) is 13.8. The van der Waals surface area contributed by atoms with Crippen LogP contribution in [0.3, 0.4) is 0 Å². The first-order valence-corrected chi connectivity index (χ1v) is 30.9. The molecule has 0 unspecified atom stereocenters. The third-order valence-electron chi connectivity index (χ3n) is 6.48. The molecule has 0 aromatic rings. The van der Waals surface area contributed by atoms with Crippen LogP contribution in [0.2, 0.25) is 0 Å². The Hall–Kier alpha value is 4.43. The predicted octanol–water partition coefficient (Wildman–Crippen LogP) is 9.84. The molecule has 0 saturated heterocycles. The summed E-state index contributed by atoms with van der Waals surface area (Å²) < 4.78 is 8.64. The third kappa shape index (κ3) is 12.3. The first-order valence-electron chi connectivity index (χ1n) is 12.8. The van der Waals surface area contributed by atoms with Gasteiger partial charge in [0.15, 0.2) is 0 Å². The molecule has 0 N–H and O–H groups in total. The molecule has 0 aliphatic carbocycles. The quantitative estimate of drug-likeness (QED) is 0.154. The fourth-order valence-electron chi connectivity index (χ4n) is 3.65. The Morgan fingerprint density at radius 1 is 0.400 bits per heavy atom. The number of hydrogen-bond acceptors (Lipinski definition) is 2. The van der Waals surface area contributed by atoms with Crippen LogP contribution in [0, 0.1) is 0 Å². The van der Waals surface area contributed by atoms with Gasteiger partial charge in [-0.2, -0.15) is 0 Å². The molecule has 11 heteroatoms. The molecule has 0 fully saturated rings. The molecule has 0 aliphatic heterocycles. The molecule has 2 nitrogen and oxygen atoms in total. The van der Waals surface area contributed by atoms with Crippen LogP contribution in [0.4, 0.5) is 0 Å². The molecular weight excluding hydrogens is 912 g/mol. The minimum Gasteiger partial charge on any atom is 2.00 e. The zero-order valence-corrected chi connectivity index (χ0v) is 37.9. The van der Waals surface area contributed by atoms with Gasteiger partial charge in [0.1, 0.15) is 0 Å². The molecule has 35 heavy (non-hydrogen) atoms. The molecule has 0 saturated carbocycles. The average Bonchev–Trinajstić information content (AvgIpc) is 2.66. The summed E-state index contributed by atoms with van der Waals surface area (Å²) in [6.45, 7) is 37.5. The van der Waals surface area contributed by atoms with Gasteiger partial charge in [-0.05, 0) is 0 Å². The monoisotopic (exact) mass is 974 g/mol. The van der Waals surface area contributed by atoms with Gasteiger partial charge >= 0.3 is 276 Å². The molecule has 0 atom stereocenters. The second-order valence-corrected chi connectivity index (χ2v) is 44.1. The molecule has 0 aromatic heterocycles.